The standard InChI is InChI=1S/C12H14N2S2/c1-8-2-5-15-10(8)11-14-9(6-16-11)12(7-13)3-4-12/h2,5-6H,3-4,7,13H2,1H3. The van der Waals surface area contributed by atoms with Gasteiger partial charge in [-0.05, 0) is 36.8 Å². The summed E-state index contributed by atoms with van der Waals surface area (Å²) in [6.45, 7) is 2.88. The van der Waals surface area contributed by atoms with Crippen LogP contribution in [0.5, 0.6) is 0 Å². The number of hydrogen-bond acceptors (Lipinski definition) is 4. The highest BCUT2D eigenvalue weighted by molar-refractivity contribution is 7.20. The summed E-state index contributed by atoms with van der Waals surface area (Å²) in [6.07, 6.45) is 2.41. The topological polar surface area (TPSA) is 38.9 Å². The Morgan fingerprint density at radius 3 is 2.81 bits per heavy atom. The van der Waals surface area contributed by atoms with E-state index >= 15 is 0 Å². The van der Waals surface area contributed by atoms with Crippen molar-refractivity contribution in [2.24, 2.45) is 5.73 Å². The van der Waals surface area contributed by atoms with Crippen LogP contribution in [0.25, 0.3) is 9.88 Å². The fourth-order valence-corrected chi connectivity index (χ4v) is 3.97. The van der Waals surface area contributed by atoms with Gasteiger partial charge in [0.15, 0.2) is 0 Å². The molecule has 0 atom stereocenters. The Kier molecular flexibility index (Phi) is 2.38. The zero-order chi connectivity index (χ0) is 11.2. The van der Waals surface area contributed by atoms with Crippen molar-refractivity contribution in [3.8, 4) is 9.88 Å². The summed E-state index contributed by atoms with van der Waals surface area (Å²) in [7, 11) is 0. The molecule has 0 saturated heterocycles. The van der Waals surface area contributed by atoms with Gasteiger partial charge in [-0.1, -0.05) is 0 Å². The molecule has 1 aliphatic carbocycles. The smallest absolute Gasteiger partial charge is 0.133 e. The Bertz CT molecular complexity index is 509. The molecule has 0 amide bonds. The SMILES string of the molecule is Cc1ccsc1-c1nc(C2(CN)CC2)cs1. The van der Waals surface area contributed by atoms with Crippen molar-refractivity contribution in [2.45, 2.75) is 25.2 Å². The van der Waals surface area contributed by atoms with Crippen LogP contribution in [0, 0.1) is 6.92 Å². The van der Waals surface area contributed by atoms with Gasteiger partial charge >= 0.3 is 0 Å². The normalized spacial score (nSPS) is 17.6. The molecule has 1 fully saturated rings. The molecule has 2 N–H and O–H groups in total. The molecule has 1 saturated carbocycles. The van der Waals surface area contributed by atoms with E-state index in [4.69, 9.17) is 10.7 Å². The maximum absolute atomic E-state index is 5.83. The average molecular weight is 250 g/mol. The van der Waals surface area contributed by atoms with Crippen LogP contribution >= 0.6 is 22.7 Å². The van der Waals surface area contributed by atoms with Crippen LogP contribution in [0.2, 0.25) is 0 Å². The van der Waals surface area contributed by atoms with Crippen LogP contribution in [-0.2, 0) is 5.41 Å². The summed E-state index contributed by atoms with van der Waals surface area (Å²) < 4.78 is 0. The molecule has 0 aromatic carbocycles. The van der Waals surface area contributed by atoms with Gasteiger partial charge in [-0.3, -0.25) is 0 Å². The number of aromatic nitrogens is 1. The minimum Gasteiger partial charge on any atom is -0.330 e. The maximum atomic E-state index is 5.83. The van der Waals surface area contributed by atoms with E-state index in [1.54, 1.807) is 22.7 Å². The first-order valence-electron chi connectivity index (χ1n) is 5.46. The highest BCUT2D eigenvalue weighted by atomic mass is 32.1. The molecular formula is C12H14N2S2. The molecule has 0 radical (unpaired) electrons. The summed E-state index contributed by atoms with van der Waals surface area (Å²) in [5.74, 6) is 0. The van der Waals surface area contributed by atoms with E-state index in [0.29, 0.717) is 0 Å². The van der Waals surface area contributed by atoms with Crippen molar-refractivity contribution in [1.82, 2.24) is 4.98 Å². The molecule has 0 aliphatic heterocycles. The van der Waals surface area contributed by atoms with E-state index in [-0.39, 0.29) is 5.41 Å². The Morgan fingerprint density at radius 1 is 1.44 bits per heavy atom. The molecule has 0 bridgehead atoms. The third-order valence-corrected chi connectivity index (χ3v) is 5.36. The van der Waals surface area contributed by atoms with E-state index in [1.807, 2.05) is 0 Å². The van der Waals surface area contributed by atoms with Crippen LogP contribution in [0.1, 0.15) is 24.1 Å². The molecule has 2 nitrogen and oxygen atoms in total. The van der Waals surface area contributed by atoms with Gasteiger partial charge in [-0.25, -0.2) is 4.98 Å². The number of hydrogen-bond donors (Lipinski definition) is 1. The maximum Gasteiger partial charge on any atom is 0.133 e. The lowest BCUT2D eigenvalue weighted by Gasteiger charge is -2.07. The number of thiazole rings is 1. The summed E-state index contributed by atoms with van der Waals surface area (Å²) in [5.41, 5.74) is 8.58. The lowest BCUT2D eigenvalue weighted by Crippen LogP contribution is -2.19. The molecule has 4 heteroatoms. The molecule has 2 heterocycles. The molecule has 2 aromatic rings. The van der Waals surface area contributed by atoms with Crippen LogP contribution in [0.4, 0.5) is 0 Å². The molecule has 84 valence electrons. The van der Waals surface area contributed by atoms with Crippen molar-refractivity contribution in [2.75, 3.05) is 6.54 Å². The highest BCUT2D eigenvalue weighted by Crippen LogP contribution is 2.48. The van der Waals surface area contributed by atoms with Crippen molar-refractivity contribution in [1.29, 1.82) is 0 Å². The first-order valence-corrected chi connectivity index (χ1v) is 7.22. The lowest BCUT2D eigenvalue weighted by molar-refractivity contribution is 0.685. The minimum absolute atomic E-state index is 0.222. The van der Waals surface area contributed by atoms with Crippen molar-refractivity contribution < 1.29 is 0 Å². The average Bonchev–Trinajstić information content (AvgIpc) is 2.72. The third kappa shape index (κ3) is 1.52. The number of thiophene rings is 1. The van der Waals surface area contributed by atoms with Crippen LogP contribution in [0.3, 0.4) is 0 Å². The second kappa shape index (κ2) is 3.65. The van der Waals surface area contributed by atoms with Gasteiger partial charge in [-0.2, -0.15) is 0 Å². The van der Waals surface area contributed by atoms with Gasteiger partial charge in [0, 0.05) is 17.3 Å². The Labute approximate surface area is 103 Å². The van der Waals surface area contributed by atoms with E-state index in [1.165, 1.54) is 29.0 Å². The summed E-state index contributed by atoms with van der Waals surface area (Å²) in [4.78, 5) is 6.08. The van der Waals surface area contributed by atoms with E-state index < -0.39 is 0 Å². The summed E-state index contributed by atoms with van der Waals surface area (Å²) in [5, 5.41) is 5.47. The zero-order valence-electron chi connectivity index (χ0n) is 9.19. The Morgan fingerprint density at radius 2 is 2.25 bits per heavy atom. The predicted octanol–water partition coefficient (Wildman–Crippen LogP) is 3.17. The van der Waals surface area contributed by atoms with E-state index in [2.05, 4.69) is 23.8 Å². The zero-order valence-corrected chi connectivity index (χ0v) is 10.8. The molecule has 3 rings (SSSR count). The van der Waals surface area contributed by atoms with Crippen LogP contribution in [0.15, 0.2) is 16.8 Å². The molecular weight excluding hydrogens is 236 g/mol. The van der Waals surface area contributed by atoms with Gasteiger partial charge in [0.05, 0.1) is 10.6 Å². The predicted molar refractivity (Wildman–Crippen MR) is 70.1 cm³/mol. The Hall–Kier alpha value is -0.710. The monoisotopic (exact) mass is 250 g/mol. The highest BCUT2D eigenvalue weighted by Gasteiger charge is 2.44. The largest absolute Gasteiger partial charge is 0.330 e. The molecule has 0 unspecified atom stereocenters. The van der Waals surface area contributed by atoms with Crippen molar-refractivity contribution in [3.05, 3.63) is 28.1 Å². The minimum atomic E-state index is 0.222. The quantitative estimate of drug-likeness (QED) is 0.908. The summed E-state index contributed by atoms with van der Waals surface area (Å²) >= 11 is 3.52. The second-order valence-corrected chi connectivity index (χ2v) is 6.23. The first kappa shape index (κ1) is 10.4. The molecule has 0 spiro atoms. The number of aryl methyl sites for hydroxylation is 1. The fourth-order valence-electron chi connectivity index (χ4n) is 1.93. The van der Waals surface area contributed by atoms with E-state index in [0.717, 1.165) is 11.6 Å². The van der Waals surface area contributed by atoms with Gasteiger partial charge in [0.2, 0.25) is 0 Å². The number of rotatable bonds is 3. The molecule has 1 aliphatic rings. The fraction of sp³-hybridized carbons (Fsp3) is 0.417. The number of nitrogens with two attached hydrogens (primary N) is 1. The first-order chi connectivity index (χ1) is 7.75. The number of nitrogens with zero attached hydrogens (tertiary/aromatic N) is 1. The summed E-state index contributed by atoms with van der Waals surface area (Å²) in [6, 6.07) is 2.15. The molecule has 2 aromatic heterocycles. The van der Waals surface area contributed by atoms with Crippen LogP contribution in [-0.4, -0.2) is 11.5 Å². The van der Waals surface area contributed by atoms with Crippen molar-refractivity contribution >= 4 is 22.7 Å². The van der Waals surface area contributed by atoms with Gasteiger partial charge in [-0.15, -0.1) is 22.7 Å². The second-order valence-electron chi connectivity index (χ2n) is 4.46. The van der Waals surface area contributed by atoms with Crippen LogP contribution < -0.4 is 5.73 Å². The van der Waals surface area contributed by atoms with E-state index in [9.17, 15) is 0 Å². The third-order valence-electron chi connectivity index (χ3n) is 3.35. The Balaban J connectivity index is 1.97. The van der Waals surface area contributed by atoms with Gasteiger partial charge < -0.3 is 5.73 Å². The van der Waals surface area contributed by atoms with Gasteiger partial charge in [0.25, 0.3) is 0 Å². The van der Waals surface area contributed by atoms with Crippen molar-refractivity contribution in [3.63, 3.8) is 0 Å². The molecule has 16 heavy (non-hydrogen) atoms. The lowest BCUT2D eigenvalue weighted by atomic mass is 10.0. The van der Waals surface area contributed by atoms with Gasteiger partial charge in [0.1, 0.15) is 5.01 Å².